The summed E-state index contributed by atoms with van der Waals surface area (Å²) in [5.74, 6) is 0.290. The minimum atomic E-state index is -0.409. The van der Waals surface area contributed by atoms with Crippen LogP contribution in [0.4, 0.5) is 5.69 Å². The van der Waals surface area contributed by atoms with E-state index in [-0.39, 0.29) is 6.61 Å². The number of esters is 1. The Morgan fingerprint density at radius 1 is 1.33 bits per heavy atom. The molecule has 2 N–H and O–H groups in total. The van der Waals surface area contributed by atoms with Crippen molar-refractivity contribution < 1.29 is 14.3 Å². The molecule has 0 unspecified atom stereocenters. The molecule has 0 fully saturated rings. The molecule has 5 heteroatoms. The Balaban J connectivity index is 2.04. The van der Waals surface area contributed by atoms with Gasteiger partial charge in [0.05, 0.1) is 12.8 Å². The van der Waals surface area contributed by atoms with Crippen LogP contribution < -0.4 is 10.5 Å². The Morgan fingerprint density at radius 2 is 2.11 bits per heavy atom. The average molecular weight is 263 g/mol. The standard InChI is InChI=1S/C13H13NO3S/c1-16-11-5-3-2-4-9(11)8-17-13(15)12-10(14)6-7-18-12/h2-7H,8,14H2,1H3. The Hall–Kier alpha value is -2.01. The van der Waals surface area contributed by atoms with Gasteiger partial charge in [0.2, 0.25) is 0 Å². The van der Waals surface area contributed by atoms with E-state index < -0.39 is 5.97 Å². The highest BCUT2D eigenvalue weighted by molar-refractivity contribution is 7.12. The van der Waals surface area contributed by atoms with Gasteiger partial charge in [0.25, 0.3) is 0 Å². The van der Waals surface area contributed by atoms with E-state index in [1.54, 1.807) is 18.6 Å². The number of hydrogen-bond donors (Lipinski definition) is 1. The molecule has 1 aromatic heterocycles. The fourth-order valence-electron chi connectivity index (χ4n) is 1.52. The third-order valence-corrected chi connectivity index (χ3v) is 3.34. The van der Waals surface area contributed by atoms with E-state index in [0.29, 0.717) is 16.3 Å². The van der Waals surface area contributed by atoms with Crippen LogP contribution in [0.3, 0.4) is 0 Å². The first-order valence-electron chi connectivity index (χ1n) is 5.34. The molecule has 0 amide bonds. The largest absolute Gasteiger partial charge is 0.496 e. The van der Waals surface area contributed by atoms with E-state index >= 15 is 0 Å². The van der Waals surface area contributed by atoms with E-state index in [9.17, 15) is 4.79 Å². The fourth-order valence-corrected chi connectivity index (χ4v) is 2.23. The maximum Gasteiger partial charge on any atom is 0.350 e. The van der Waals surface area contributed by atoms with Crippen LogP contribution in [0.1, 0.15) is 15.2 Å². The summed E-state index contributed by atoms with van der Waals surface area (Å²) in [6.07, 6.45) is 0. The first-order chi connectivity index (χ1) is 8.72. The minimum absolute atomic E-state index is 0.167. The minimum Gasteiger partial charge on any atom is -0.496 e. The Kier molecular flexibility index (Phi) is 3.84. The molecular weight excluding hydrogens is 250 g/mol. The number of methoxy groups -OCH3 is 1. The predicted octanol–water partition coefficient (Wildman–Crippen LogP) is 2.70. The third-order valence-electron chi connectivity index (χ3n) is 2.43. The molecule has 0 saturated heterocycles. The highest BCUT2D eigenvalue weighted by Crippen LogP contribution is 2.22. The summed E-state index contributed by atoms with van der Waals surface area (Å²) in [6.45, 7) is 0.167. The average Bonchev–Trinajstić information content (AvgIpc) is 2.82. The molecular formula is C13H13NO3S. The summed E-state index contributed by atoms with van der Waals surface area (Å²) in [5, 5.41) is 1.76. The number of hydrogen-bond acceptors (Lipinski definition) is 5. The third kappa shape index (κ3) is 2.62. The highest BCUT2D eigenvalue weighted by atomic mass is 32.1. The zero-order valence-corrected chi connectivity index (χ0v) is 10.7. The summed E-state index contributed by atoms with van der Waals surface area (Å²) >= 11 is 1.27. The van der Waals surface area contributed by atoms with Crippen LogP contribution in [0.5, 0.6) is 5.75 Å². The molecule has 1 heterocycles. The van der Waals surface area contributed by atoms with Gasteiger partial charge in [-0.15, -0.1) is 11.3 Å². The Bertz CT molecular complexity index is 551. The molecule has 0 bridgehead atoms. The van der Waals surface area contributed by atoms with E-state index in [0.717, 1.165) is 5.56 Å². The van der Waals surface area contributed by atoms with E-state index in [1.165, 1.54) is 11.3 Å². The maximum absolute atomic E-state index is 11.8. The summed E-state index contributed by atoms with van der Waals surface area (Å²) in [5.41, 5.74) is 6.92. The second-order valence-corrected chi connectivity index (χ2v) is 4.51. The number of benzene rings is 1. The SMILES string of the molecule is COc1ccccc1COC(=O)c1sccc1N. The van der Waals surface area contributed by atoms with Crippen LogP contribution in [0.15, 0.2) is 35.7 Å². The lowest BCUT2D eigenvalue weighted by Gasteiger charge is -2.08. The second-order valence-electron chi connectivity index (χ2n) is 3.59. The van der Waals surface area contributed by atoms with Gasteiger partial charge in [-0.1, -0.05) is 18.2 Å². The lowest BCUT2D eigenvalue weighted by Crippen LogP contribution is -2.06. The van der Waals surface area contributed by atoms with Crippen LogP contribution >= 0.6 is 11.3 Å². The van der Waals surface area contributed by atoms with Gasteiger partial charge in [-0.2, -0.15) is 0 Å². The van der Waals surface area contributed by atoms with Gasteiger partial charge in [-0.25, -0.2) is 4.79 Å². The van der Waals surface area contributed by atoms with Crippen molar-refractivity contribution in [1.82, 2.24) is 0 Å². The molecule has 0 radical (unpaired) electrons. The van der Waals surface area contributed by atoms with Crippen LogP contribution in [0.25, 0.3) is 0 Å². The number of ether oxygens (including phenoxy) is 2. The van der Waals surface area contributed by atoms with Crippen molar-refractivity contribution in [3.05, 3.63) is 46.2 Å². The van der Waals surface area contributed by atoms with Gasteiger partial charge in [0, 0.05) is 5.56 Å². The first-order valence-corrected chi connectivity index (χ1v) is 6.22. The maximum atomic E-state index is 11.8. The smallest absolute Gasteiger partial charge is 0.350 e. The van der Waals surface area contributed by atoms with Crippen LogP contribution in [-0.4, -0.2) is 13.1 Å². The molecule has 0 saturated carbocycles. The van der Waals surface area contributed by atoms with Crippen molar-refractivity contribution >= 4 is 23.0 Å². The van der Waals surface area contributed by atoms with Crippen molar-refractivity contribution in [2.45, 2.75) is 6.61 Å². The molecule has 0 atom stereocenters. The molecule has 18 heavy (non-hydrogen) atoms. The number of carbonyl (C=O) groups is 1. The molecule has 4 nitrogen and oxygen atoms in total. The van der Waals surface area contributed by atoms with Crippen molar-refractivity contribution in [1.29, 1.82) is 0 Å². The molecule has 94 valence electrons. The first kappa shape index (κ1) is 12.4. The molecule has 0 aliphatic carbocycles. The van der Waals surface area contributed by atoms with Crippen LogP contribution in [0, 0.1) is 0 Å². The zero-order valence-electron chi connectivity index (χ0n) is 9.88. The Morgan fingerprint density at radius 3 is 2.78 bits per heavy atom. The fraction of sp³-hybridized carbons (Fsp3) is 0.154. The number of nitrogens with two attached hydrogens (primary N) is 1. The van der Waals surface area contributed by atoms with Crippen molar-refractivity contribution in [3.8, 4) is 5.75 Å². The summed E-state index contributed by atoms with van der Waals surface area (Å²) in [4.78, 5) is 12.2. The zero-order chi connectivity index (χ0) is 13.0. The number of para-hydroxylation sites is 1. The lowest BCUT2D eigenvalue weighted by molar-refractivity contribution is 0.0477. The molecule has 2 aromatic rings. The van der Waals surface area contributed by atoms with Crippen molar-refractivity contribution in [3.63, 3.8) is 0 Å². The predicted molar refractivity (Wildman–Crippen MR) is 70.8 cm³/mol. The van der Waals surface area contributed by atoms with Gasteiger partial charge in [-0.05, 0) is 17.5 Å². The molecule has 2 rings (SSSR count). The molecule has 0 aliphatic heterocycles. The molecule has 0 spiro atoms. The second kappa shape index (κ2) is 5.55. The number of carbonyl (C=O) groups excluding carboxylic acids is 1. The number of rotatable bonds is 4. The molecule has 0 aliphatic rings. The van der Waals surface area contributed by atoms with Crippen LogP contribution in [-0.2, 0) is 11.3 Å². The van der Waals surface area contributed by atoms with Crippen LogP contribution in [0.2, 0.25) is 0 Å². The van der Waals surface area contributed by atoms with E-state index in [1.807, 2.05) is 24.3 Å². The number of thiophene rings is 1. The normalized spacial score (nSPS) is 10.1. The Labute approximate surface area is 109 Å². The highest BCUT2D eigenvalue weighted by Gasteiger charge is 2.13. The van der Waals surface area contributed by atoms with Crippen molar-refractivity contribution in [2.75, 3.05) is 12.8 Å². The number of anilines is 1. The lowest BCUT2D eigenvalue weighted by atomic mass is 10.2. The number of nitrogen functional groups attached to an aromatic ring is 1. The topological polar surface area (TPSA) is 61.5 Å². The monoisotopic (exact) mass is 263 g/mol. The van der Waals surface area contributed by atoms with E-state index in [4.69, 9.17) is 15.2 Å². The summed E-state index contributed by atoms with van der Waals surface area (Å²) in [7, 11) is 1.58. The molecule has 1 aromatic carbocycles. The van der Waals surface area contributed by atoms with Crippen molar-refractivity contribution in [2.24, 2.45) is 0 Å². The summed E-state index contributed by atoms with van der Waals surface area (Å²) < 4.78 is 10.4. The van der Waals surface area contributed by atoms with Gasteiger partial charge >= 0.3 is 5.97 Å². The quantitative estimate of drug-likeness (QED) is 0.861. The van der Waals surface area contributed by atoms with Gasteiger partial charge < -0.3 is 15.2 Å². The van der Waals surface area contributed by atoms with Gasteiger partial charge in [0.15, 0.2) is 0 Å². The van der Waals surface area contributed by atoms with Gasteiger partial charge in [0.1, 0.15) is 17.2 Å². The summed E-state index contributed by atoms with van der Waals surface area (Å²) in [6, 6.07) is 9.09. The van der Waals surface area contributed by atoms with E-state index in [2.05, 4.69) is 0 Å². The van der Waals surface area contributed by atoms with Gasteiger partial charge in [-0.3, -0.25) is 0 Å².